The Bertz CT molecular complexity index is 1470. The van der Waals surface area contributed by atoms with E-state index in [9.17, 15) is 34.8 Å². The highest BCUT2D eigenvalue weighted by Gasteiger charge is 2.34. The molecule has 0 bridgehead atoms. The van der Waals surface area contributed by atoms with Crippen molar-refractivity contribution in [3.63, 3.8) is 0 Å². The van der Waals surface area contributed by atoms with Gasteiger partial charge in [-0.1, -0.05) is 6.92 Å². The molecule has 0 fully saturated rings. The largest absolute Gasteiger partial charge is 0.416 e. The van der Waals surface area contributed by atoms with E-state index in [1.54, 1.807) is 0 Å². The summed E-state index contributed by atoms with van der Waals surface area (Å²) in [5, 5.41) is -0.391. The summed E-state index contributed by atoms with van der Waals surface area (Å²) in [5.74, 6) is -0.472. The Morgan fingerprint density at radius 1 is 0.938 bits per heavy atom. The van der Waals surface area contributed by atoms with Gasteiger partial charge in [-0.05, 0) is 30.3 Å². The summed E-state index contributed by atoms with van der Waals surface area (Å²) >= 11 is 0. The van der Waals surface area contributed by atoms with Crippen LogP contribution in [0.1, 0.15) is 18.1 Å². The minimum absolute atomic E-state index is 0.0646. The van der Waals surface area contributed by atoms with Crippen molar-refractivity contribution in [1.29, 1.82) is 0 Å². The molecule has 0 unspecified atom stereocenters. The van der Waals surface area contributed by atoms with Crippen molar-refractivity contribution in [3.05, 3.63) is 47.7 Å². The number of nitrogens with zero attached hydrogens (tertiary/aromatic N) is 4. The molecular weight excluding hydrogens is 462 g/mol. The van der Waals surface area contributed by atoms with E-state index in [0.717, 1.165) is 28.8 Å². The Labute approximate surface area is 177 Å². The van der Waals surface area contributed by atoms with Crippen molar-refractivity contribution >= 4 is 26.5 Å². The summed E-state index contributed by atoms with van der Waals surface area (Å²) in [4.78, 5) is 8.21. The van der Waals surface area contributed by atoms with E-state index in [0.29, 0.717) is 6.07 Å². The second-order valence-corrected chi connectivity index (χ2v) is 9.20. The van der Waals surface area contributed by atoms with Crippen LogP contribution in [0.25, 0.3) is 28.2 Å². The van der Waals surface area contributed by atoms with Gasteiger partial charge in [0.1, 0.15) is 11.3 Å². The lowest BCUT2D eigenvalue weighted by molar-refractivity contribution is -0.138. The van der Waals surface area contributed by atoms with Crippen molar-refractivity contribution in [3.8, 4) is 11.5 Å². The maximum absolute atomic E-state index is 13.1. The summed E-state index contributed by atoms with van der Waals surface area (Å²) in [5.41, 5.74) is -2.31. The van der Waals surface area contributed by atoms with Gasteiger partial charge in [-0.3, -0.25) is 4.40 Å². The van der Waals surface area contributed by atoms with Crippen LogP contribution in [0.2, 0.25) is 0 Å². The van der Waals surface area contributed by atoms with E-state index >= 15 is 0 Å². The molecule has 0 atom stereocenters. The van der Waals surface area contributed by atoms with Crippen LogP contribution in [0, 0.1) is 0 Å². The first-order valence-electron chi connectivity index (χ1n) is 9.10. The summed E-state index contributed by atoms with van der Waals surface area (Å²) in [6.07, 6.45) is -8.34. The van der Waals surface area contributed by atoms with Crippen molar-refractivity contribution in [2.24, 2.45) is 7.05 Å². The van der Waals surface area contributed by atoms with Gasteiger partial charge in [0.25, 0.3) is 0 Å². The number of fused-ring (bicyclic) bond motifs is 2. The topological polar surface area (TPSA) is 69.3 Å². The molecule has 0 N–H and O–H groups in total. The third-order valence-corrected chi connectivity index (χ3v) is 6.74. The predicted octanol–water partition coefficient (Wildman–Crippen LogP) is 4.72. The molecule has 1 aromatic carbocycles. The summed E-state index contributed by atoms with van der Waals surface area (Å²) in [7, 11) is -2.56. The lowest BCUT2D eigenvalue weighted by Crippen LogP contribution is -2.10. The Kier molecular flexibility index (Phi) is 4.81. The quantitative estimate of drug-likeness (QED) is 0.402. The Morgan fingerprint density at radius 3 is 2.16 bits per heavy atom. The smallest absolute Gasteiger partial charge is 0.326 e. The molecule has 6 nitrogen and oxygen atoms in total. The number of halogens is 6. The van der Waals surface area contributed by atoms with Gasteiger partial charge in [0.15, 0.2) is 20.7 Å². The van der Waals surface area contributed by atoms with Crippen LogP contribution >= 0.6 is 0 Å². The molecule has 170 valence electrons. The summed E-state index contributed by atoms with van der Waals surface area (Å²) in [6.45, 7) is 1.35. The fraction of sp³-hybridized carbons (Fsp3) is 0.263. The Morgan fingerprint density at radius 2 is 1.56 bits per heavy atom. The van der Waals surface area contributed by atoms with Crippen LogP contribution < -0.4 is 0 Å². The molecule has 0 radical (unpaired) electrons. The maximum atomic E-state index is 13.1. The molecule has 3 heterocycles. The lowest BCUT2D eigenvalue weighted by Gasteiger charge is -2.08. The van der Waals surface area contributed by atoms with Crippen molar-refractivity contribution in [2.45, 2.75) is 24.3 Å². The highest BCUT2D eigenvalue weighted by atomic mass is 32.2. The molecule has 0 spiro atoms. The number of pyridine rings is 1. The van der Waals surface area contributed by atoms with Gasteiger partial charge < -0.3 is 4.57 Å². The Hall–Kier alpha value is -3.09. The van der Waals surface area contributed by atoms with Gasteiger partial charge in [-0.15, -0.1) is 0 Å². The third-order valence-electron chi connectivity index (χ3n) is 5.00. The van der Waals surface area contributed by atoms with Crippen LogP contribution in [0.3, 0.4) is 0 Å². The third kappa shape index (κ3) is 3.49. The fourth-order valence-electron chi connectivity index (χ4n) is 3.37. The van der Waals surface area contributed by atoms with Gasteiger partial charge in [-0.25, -0.2) is 18.4 Å². The SMILES string of the molecule is CCS(=O)(=O)c1c(-c2nc3cc(C(F)(F)F)ccc3n2C)nc2cc(C(F)(F)F)ccn12. The zero-order chi connectivity index (χ0) is 23.6. The average Bonchev–Trinajstić information content (AvgIpc) is 3.24. The Balaban J connectivity index is 2.04. The summed E-state index contributed by atoms with van der Waals surface area (Å²) < 4.78 is 106. The van der Waals surface area contributed by atoms with E-state index in [1.165, 1.54) is 24.6 Å². The number of hydrogen-bond donors (Lipinski definition) is 0. The standard InChI is InChI=1S/C19H14F6N4O2S/c1-3-32(30,31)17-15(27-14-9-11(19(23,24)25)6-7-29(14)17)16-26-12-8-10(18(20,21)22)4-5-13(12)28(16)2/h4-9H,3H2,1-2H3. The number of hydrogen-bond acceptors (Lipinski definition) is 4. The first kappa shape index (κ1) is 22.1. The van der Waals surface area contributed by atoms with Crippen molar-refractivity contribution in [1.82, 2.24) is 18.9 Å². The first-order chi connectivity index (χ1) is 14.7. The van der Waals surface area contributed by atoms with Gasteiger partial charge in [0.05, 0.1) is 27.9 Å². The zero-order valence-electron chi connectivity index (χ0n) is 16.5. The minimum Gasteiger partial charge on any atom is -0.326 e. The van der Waals surface area contributed by atoms with E-state index in [4.69, 9.17) is 0 Å². The van der Waals surface area contributed by atoms with Gasteiger partial charge in [-0.2, -0.15) is 26.3 Å². The number of sulfone groups is 1. The molecule has 0 saturated heterocycles. The number of rotatable bonds is 3. The fourth-order valence-corrected chi connectivity index (χ4v) is 4.53. The maximum Gasteiger partial charge on any atom is 0.416 e. The molecule has 0 aliphatic rings. The van der Waals surface area contributed by atoms with Crippen LogP contribution in [0.5, 0.6) is 0 Å². The minimum atomic E-state index is -4.68. The van der Waals surface area contributed by atoms with E-state index < -0.39 is 38.3 Å². The molecule has 4 aromatic rings. The number of imidazole rings is 2. The molecule has 0 amide bonds. The van der Waals surface area contributed by atoms with Gasteiger partial charge >= 0.3 is 12.4 Å². The predicted molar refractivity (Wildman–Crippen MR) is 103 cm³/mol. The molecule has 13 heteroatoms. The molecule has 0 saturated carbocycles. The van der Waals surface area contributed by atoms with E-state index in [-0.39, 0.29) is 34.0 Å². The summed E-state index contributed by atoms with van der Waals surface area (Å²) in [6, 6.07) is 4.27. The zero-order valence-corrected chi connectivity index (χ0v) is 17.3. The highest BCUT2D eigenvalue weighted by Crippen LogP contribution is 2.36. The number of alkyl halides is 6. The number of aryl methyl sites for hydroxylation is 1. The molecule has 32 heavy (non-hydrogen) atoms. The molecule has 3 aromatic heterocycles. The number of aromatic nitrogens is 4. The van der Waals surface area contributed by atoms with Crippen molar-refractivity contribution < 1.29 is 34.8 Å². The normalized spacial score (nSPS) is 13.4. The second-order valence-electron chi connectivity index (χ2n) is 7.01. The first-order valence-corrected chi connectivity index (χ1v) is 10.8. The molecule has 4 rings (SSSR count). The van der Waals surface area contributed by atoms with Gasteiger partial charge in [0.2, 0.25) is 0 Å². The highest BCUT2D eigenvalue weighted by molar-refractivity contribution is 7.91. The van der Waals surface area contributed by atoms with Crippen LogP contribution in [-0.2, 0) is 29.2 Å². The van der Waals surface area contributed by atoms with E-state index in [2.05, 4.69) is 9.97 Å². The molecule has 0 aliphatic carbocycles. The van der Waals surface area contributed by atoms with Crippen LogP contribution in [0.15, 0.2) is 41.6 Å². The second kappa shape index (κ2) is 6.95. The van der Waals surface area contributed by atoms with Gasteiger partial charge in [0, 0.05) is 13.2 Å². The molecular formula is C19H14F6N4O2S. The van der Waals surface area contributed by atoms with E-state index in [1.807, 2.05) is 0 Å². The average molecular weight is 476 g/mol. The monoisotopic (exact) mass is 476 g/mol. The lowest BCUT2D eigenvalue weighted by atomic mass is 10.2. The van der Waals surface area contributed by atoms with Crippen LogP contribution in [0.4, 0.5) is 26.3 Å². The van der Waals surface area contributed by atoms with Crippen molar-refractivity contribution in [2.75, 3.05) is 5.75 Å². The molecule has 0 aliphatic heterocycles. The number of benzene rings is 1. The van der Waals surface area contributed by atoms with Crippen LogP contribution in [-0.4, -0.2) is 33.1 Å².